The number of nitrogens with one attached hydrogen (secondary N) is 2. The zero-order valence-corrected chi connectivity index (χ0v) is 24.3. The summed E-state index contributed by atoms with van der Waals surface area (Å²) >= 11 is 0. The first-order valence-electron chi connectivity index (χ1n) is 10.7. The van der Waals surface area contributed by atoms with E-state index in [2.05, 4.69) is 21.3 Å². The van der Waals surface area contributed by atoms with Crippen LogP contribution >= 0.6 is 0 Å². The largest absolute Gasteiger partial charge is 3.00 e. The van der Waals surface area contributed by atoms with Crippen LogP contribution in [0.3, 0.4) is 0 Å². The summed E-state index contributed by atoms with van der Waals surface area (Å²) < 4.78 is 10.3. The van der Waals surface area contributed by atoms with Gasteiger partial charge in [-0.05, 0) is 36.5 Å². The second-order valence-corrected chi connectivity index (χ2v) is 7.05. The Morgan fingerprint density at radius 2 is 1.15 bits per heavy atom. The molecule has 0 fully saturated rings. The van der Waals surface area contributed by atoms with Crippen molar-refractivity contribution in [2.24, 2.45) is 0 Å². The summed E-state index contributed by atoms with van der Waals surface area (Å²) in [5, 5.41) is 15.2. The van der Waals surface area contributed by atoms with E-state index >= 15 is 0 Å². The first kappa shape index (κ1) is 32.3. The fourth-order valence-electron chi connectivity index (χ4n) is 2.85. The van der Waals surface area contributed by atoms with Crippen molar-refractivity contribution in [1.29, 1.82) is 0 Å². The zero-order valence-electron chi connectivity index (χ0n) is 19.8. The number of carbonyl (C=O) groups excluding carboxylic acids is 2. The minimum atomic E-state index is -0.0341. The van der Waals surface area contributed by atoms with Gasteiger partial charge in [0.15, 0.2) is 11.6 Å². The Bertz CT molecular complexity index is 767. The van der Waals surface area contributed by atoms with Gasteiger partial charge in [0.2, 0.25) is 0 Å². The summed E-state index contributed by atoms with van der Waals surface area (Å²) in [7, 11) is 3.16. The third kappa shape index (κ3) is 12.7. The number of ketones is 2. The van der Waals surface area contributed by atoms with E-state index < -0.39 is 0 Å². The maximum Gasteiger partial charge on any atom is 3.00 e. The molecule has 0 unspecified atom stereocenters. The number of halogens is 1. The van der Waals surface area contributed by atoms with Crippen molar-refractivity contribution >= 4 is 31.4 Å². The number of hydrogen-bond acceptors (Lipinski definition) is 6. The van der Waals surface area contributed by atoms with Crippen LogP contribution in [0.5, 0.6) is 0 Å². The molecule has 0 amide bonds. The normalized spacial score (nSPS) is 17.0. The SMILES string of the molecule is COC1=C/C(=C/NCCC[N-]CC[N-]CCCN/C=C2\C=C(OC)C=CC2=O)C(=O)C=C1.[67Ga+3].[I-]. The van der Waals surface area contributed by atoms with Gasteiger partial charge in [-0.25, -0.2) is 0 Å². The van der Waals surface area contributed by atoms with Crippen LogP contribution < -0.4 is 34.6 Å². The average Bonchev–Trinajstić information content (AvgIpc) is 2.81. The third-order valence-electron chi connectivity index (χ3n) is 4.64. The molecule has 0 aliphatic heterocycles. The van der Waals surface area contributed by atoms with Gasteiger partial charge in [0.25, 0.3) is 0 Å². The van der Waals surface area contributed by atoms with Gasteiger partial charge in [-0.3, -0.25) is 9.59 Å². The molecule has 2 aliphatic rings. The van der Waals surface area contributed by atoms with Crippen molar-refractivity contribution in [2.45, 2.75) is 12.8 Å². The molecule has 34 heavy (non-hydrogen) atoms. The molecular formula is C24H32GaIN4O4. The number of allylic oxidation sites excluding steroid dienone is 8. The van der Waals surface area contributed by atoms with Crippen molar-refractivity contribution in [3.63, 3.8) is 0 Å². The molecule has 0 aromatic carbocycles. The van der Waals surface area contributed by atoms with Crippen LogP contribution in [0.2, 0.25) is 0 Å². The van der Waals surface area contributed by atoms with Gasteiger partial charge >= 0.3 is 19.8 Å². The summed E-state index contributed by atoms with van der Waals surface area (Å²) in [5.41, 5.74) is 1.17. The molecule has 0 spiro atoms. The molecule has 0 saturated carbocycles. The Morgan fingerprint density at radius 1 is 0.735 bits per heavy atom. The van der Waals surface area contributed by atoms with Gasteiger partial charge in [0.05, 0.1) is 14.2 Å². The second-order valence-electron chi connectivity index (χ2n) is 7.05. The first-order chi connectivity index (χ1) is 15.6. The third-order valence-corrected chi connectivity index (χ3v) is 4.64. The molecule has 0 heterocycles. The number of rotatable bonds is 15. The average molecular weight is 634 g/mol. The molecule has 0 bridgehead atoms. The van der Waals surface area contributed by atoms with E-state index in [1.807, 2.05) is 0 Å². The van der Waals surface area contributed by atoms with Crippen molar-refractivity contribution in [3.8, 4) is 0 Å². The number of ether oxygens (including phenoxy) is 2. The van der Waals surface area contributed by atoms with Crippen LogP contribution in [-0.4, -0.2) is 84.8 Å². The topological polar surface area (TPSA) is 105 Å². The van der Waals surface area contributed by atoms with E-state index in [1.54, 1.807) is 50.9 Å². The number of carbonyl (C=O) groups is 2. The van der Waals surface area contributed by atoms with Crippen LogP contribution in [0.4, 0.5) is 0 Å². The van der Waals surface area contributed by atoms with Crippen LogP contribution in [0.1, 0.15) is 12.8 Å². The van der Waals surface area contributed by atoms with Gasteiger partial charge in [0.1, 0.15) is 11.5 Å². The molecule has 0 saturated heterocycles. The van der Waals surface area contributed by atoms with Crippen LogP contribution in [0.25, 0.3) is 10.6 Å². The van der Waals surface area contributed by atoms with Crippen LogP contribution in [0, 0.1) is 0 Å². The predicted molar refractivity (Wildman–Crippen MR) is 132 cm³/mol. The van der Waals surface area contributed by atoms with E-state index in [-0.39, 0.29) is 55.3 Å². The predicted octanol–water partition coefficient (Wildman–Crippen LogP) is -0.577. The molecule has 182 valence electrons. The summed E-state index contributed by atoms with van der Waals surface area (Å²) in [6, 6.07) is 0. The number of methoxy groups -OCH3 is 2. The second kappa shape index (κ2) is 19.6. The standard InChI is InChI=1S/C24H32N4O4.Ga.HI/c1-31-21-5-7-23(29)19(15-21)17-27-11-3-9-25-13-14-26-10-4-12-28-18-20-16-22(32-2)6-8-24(20)30;;/h5-8,15-18,27-28H,3-4,9-14H2,1-2H3;;1H/q-2;+3;/p-1/b19-17-,20-18+;;/i;1-3;. The molecular weight excluding hydrogens is 602 g/mol. The van der Waals surface area contributed by atoms with Crippen molar-refractivity contribution in [3.05, 3.63) is 82.2 Å². The Morgan fingerprint density at radius 3 is 1.53 bits per heavy atom. The Kier molecular flexibility index (Phi) is 18.6. The van der Waals surface area contributed by atoms with E-state index in [0.717, 1.165) is 39.0 Å². The zero-order chi connectivity index (χ0) is 23.0. The fraction of sp³-hybridized carbons (Fsp3) is 0.417. The van der Waals surface area contributed by atoms with E-state index in [4.69, 9.17) is 9.47 Å². The smallest absolute Gasteiger partial charge is 1.00 e. The Balaban J connectivity index is 0.00000544. The Labute approximate surface area is 232 Å². The van der Waals surface area contributed by atoms with E-state index in [0.29, 0.717) is 35.8 Å². The molecule has 2 rings (SSSR count). The molecule has 2 N–H and O–H groups in total. The summed E-state index contributed by atoms with van der Waals surface area (Å²) in [5.74, 6) is 1.26. The minimum absolute atomic E-state index is 0. The first-order valence-corrected chi connectivity index (χ1v) is 10.7. The van der Waals surface area contributed by atoms with E-state index in [9.17, 15) is 9.59 Å². The maximum atomic E-state index is 11.8. The van der Waals surface area contributed by atoms with Gasteiger partial charge in [-0.2, -0.15) is 13.1 Å². The summed E-state index contributed by atoms with van der Waals surface area (Å²) in [6.45, 7) is 4.44. The van der Waals surface area contributed by atoms with Gasteiger partial charge in [0, 0.05) is 36.6 Å². The molecule has 8 nitrogen and oxygen atoms in total. The number of nitrogens with zero attached hydrogens (tertiary/aromatic N) is 2. The molecule has 0 atom stereocenters. The molecule has 0 radical (unpaired) electrons. The van der Waals surface area contributed by atoms with Crippen molar-refractivity contribution in [2.75, 3.05) is 53.5 Å². The number of hydrogen-bond donors (Lipinski definition) is 2. The summed E-state index contributed by atoms with van der Waals surface area (Å²) in [6.07, 6.45) is 15.0. The molecule has 0 aromatic rings. The van der Waals surface area contributed by atoms with Crippen molar-refractivity contribution in [1.82, 2.24) is 10.6 Å². The Hall–Kier alpha value is -1.73. The monoisotopic (exact) mass is 634 g/mol. The minimum Gasteiger partial charge on any atom is -1.00 e. The fourth-order valence-corrected chi connectivity index (χ4v) is 2.85. The quantitative estimate of drug-likeness (QED) is 0.108. The van der Waals surface area contributed by atoms with Gasteiger partial charge in [-0.1, -0.05) is 12.8 Å². The molecule has 0 aromatic heterocycles. The van der Waals surface area contributed by atoms with Gasteiger partial charge < -0.3 is 54.7 Å². The summed E-state index contributed by atoms with van der Waals surface area (Å²) in [4.78, 5) is 23.5. The molecule has 10 heteroatoms. The van der Waals surface area contributed by atoms with Crippen LogP contribution in [0.15, 0.2) is 71.5 Å². The van der Waals surface area contributed by atoms with Gasteiger partial charge in [-0.15, -0.1) is 13.1 Å². The molecule has 2 aliphatic carbocycles. The van der Waals surface area contributed by atoms with Crippen molar-refractivity contribution < 1.29 is 43.0 Å². The maximum absolute atomic E-state index is 11.8. The van der Waals surface area contributed by atoms with Crippen LogP contribution in [-0.2, 0) is 19.1 Å². The van der Waals surface area contributed by atoms with E-state index in [1.165, 1.54) is 12.2 Å².